The van der Waals surface area contributed by atoms with Crippen molar-refractivity contribution in [3.63, 3.8) is 0 Å². The van der Waals surface area contributed by atoms with Crippen molar-refractivity contribution in [3.05, 3.63) is 33.9 Å². The lowest BCUT2D eigenvalue weighted by Gasteiger charge is -2.24. The summed E-state index contributed by atoms with van der Waals surface area (Å²) < 4.78 is 0.253. The average Bonchev–Trinajstić information content (AvgIpc) is 2.59. The summed E-state index contributed by atoms with van der Waals surface area (Å²) >= 11 is 1.94. The maximum Gasteiger partial charge on any atom is 0.280 e. The van der Waals surface area contributed by atoms with E-state index >= 15 is 0 Å². The van der Waals surface area contributed by atoms with E-state index in [0.29, 0.717) is 6.29 Å². The maximum atomic E-state index is 11.0. The van der Waals surface area contributed by atoms with E-state index in [9.17, 15) is 14.9 Å². The van der Waals surface area contributed by atoms with Crippen LogP contribution in [0.1, 0.15) is 30.6 Å². The van der Waals surface area contributed by atoms with Crippen molar-refractivity contribution in [2.24, 2.45) is 0 Å². The standard InChI is InChI=1S/C14H18N2O3S/c1-14(2)5-6-15(7-8-20-14)12-3-4-13(16(18)19)11(9-12)10-17/h3-4,9-10H,5-8H2,1-2H3. The van der Waals surface area contributed by atoms with E-state index in [0.717, 1.165) is 31.0 Å². The van der Waals surface area contributed by atoms with Crippen molar-refractivity contribution < 1.29 is 9.72 Å². The lowest BCUT2D eigenvalue weighted by Crippen LogP contribution is -2.27. The Morgan fingerprint density at radius 3 is 2.80 bits per heavy atom. The lowest BCUT2D eigenvalue weighted by atomic mass is 10.1. The van der Waals surface area contributed by atoms with Gasteiger partial charge in [-0.15, -0.1) is 0 Å². The molecule has 2 rings (SSSR count). The van der Waals surface area contributed by atoms with Crippen LogP contribution in [0.2, 0.25) is 0 Å². The van der Waals surface area contributed by atoms with Crippen LogP contribution in [-0.2, 0) is 0 Å². The van der Waals surface area contributed by atoms with Crippen molar-refractivity contribution >= 4 is 29.4 Å². The van der Waals surface area contributed by atoms with Crippen LogP contribution >= 0.6 is 11.8 Å². The summed E-state index contributed by atoms with van der Waals surface area (Å²) in [6, 6.07) is 4.77. The molecule has 0 atom stereocenters. The zero-order valence-electron chi connectivity index (χ0n) is 11.7. The van der Waals surface area contributed by atoms with E-state index in [1.165, 1.54) is 6.07 Å². The summed E-state index contributed by atoms with van der Waals surface area (Å²) in [7, 11) is 0. The highest BCUT2D eigenvalue weighted by molar-refractivity contribution is 8.00. The number of carbonyl (C=O) groups is 1. The molecule has 0 bridgehead atoms. The number of nitrogens with zero attached hydrogens (tertiary/aromatic N) is 2. The minimum Gasteiger partial charge on any atom is -0.371 e. The van der Waals surface area contributed by atoms with Crippen LogP contribution in [0.3, 0.4) is 0 Å². The number of nitro benzene ring substituents is 1. The Morgan fingerprint density at radius 1 is 1.40 bits per heavy atom. The molecule has 1 heterocycles. The SMILES string of the molecule is CC1(C)CCN(c2ccc([N+](=O)[O-])c(C=O)c2)CCS1. The monoisotopic (exact) mass is 294 g/mol. The summed E-state index contributed by atoms with van der Waals surface area (Å²) in [6.45, 7) is 6.25. The van der Waals surface area contributed by atoms with E-state index in [4.69, 9.17) is 0 Å². The first-order valence-corrected chi connectivity index (χ1v) is 7.54. The second kappa shape index (κ2) is 5.83. The highest BCUT2D eigenvalue weighted by Crippen LogP contribution is 2.33. The van der Waals surface area contributed by atoms with Gasteiger partial charge in [-0.25, -0.2) is 0 Å². The van der Waals surface area contributed by atoms with E-state index in [2.05, 4.69) is 18.7 Å². The first-order chi connectivity index (χ1) is 9.43. The van der Waals surface area contributed by atoms with Gasteiger partial charge in [-0.1, -0.05) is 13.8 Å². The number of rotatable bonds is 3. The van der Waals surface area contributed by atoms with E-state index in [1.54, 1.807) is 12.1 Å². The Hall–Kier alpha value is -1.56. The van der Waals surface area contributed by atoms with Gasteiger partial charge in [-0.3, -0.25) is 14.9 Å². The molecule has 1 fully saturated rings. The Bertz CT molecular complexity index is 531. The molecular weight excluding hydrogens is 276 g/mol. The first kappa shape index (κ1) is 14.8. The van der Waals surface area contributed by atoms with Gasteiger partial charge < -0.3 is 4.90 Å². The van der Waals surface area contributed by atoms with Crippen LogP contribution in [0.4, 0.5) is 11.4 Å². The molecule has 1 aromatic carbocycles. The normalized spacial score (nSPS) is 18.4. The zero-order chi connectivity index (χ0) is 14.8. The highest BCUT2D eigenvalue weighted by Gasteiger charge is 2.24. The largest absolute Gasteiger partial charge is 0.371 e. The summed E-state index contributed by atoms with van der Waals surface area (Å²) in [5.74, 6) is 1.01. The molecule has 0 amide bonds. The molecule has 0 spiro atoms. The number of anilines is 1. The molecule has 6 heteroatoms. The molecule has 1 aliphatic rings. The lowest BCUT2D eigenvalue weighted by molar-refractivity contribution is -0.385. The molecule has 0 aliphatic carbocycles. The third kappa shape index (κ3) is 3.30. The van der Waals surface area contributed by atoms with Gasteiger partial charge in [0.2, 0.25) is 0 Å². The van der Waals surface area contributed by atoms with Gasteiger partial charge in [0, 0.05) is 35.3 Å². The minimum absolute atomic E-state index is 0.131. The fourth-order valence-corrected chi connectivity index (χ4v) is 3.38. The maximum absolute atomic E-state index is 11.0. The quantitative estimate of drug-likeness (QED) is 0.487. The Balaban J connectivity index is 2.25. The number of benzene rings is 1. The number of thioether (sulfide) groups is 1. The number of nitro groups is 1. The Morgan fingerprint density at radius 2 is 2.15 bits per heavy atom. The Labute approximate surface area is 122 Å². The summed E-state index contributed by atoms with van der Waals surface area (Å²) in [4.78, 5) is 23.5. The summed E-state index contributed by atoms with van der Waals surface area (Å²) in [5.41, 5.74) is 0.896. The van der Waals surface area contributed by atoms with Crippen molar-refractivity contribution in [1.82, 2.24) is 0 Å². The van der Waals surface area contributed by atoms with Gasteiger partial charge in [0.25, 0.3) is 5.69 Å². The van der Waals surface area contributed by atoms with Gasteiger partial charge in [0.05, 0.1) is 10.5 Å². The van der Waals surface area contributed by atoms with Crippen LogP contribution < -0.4 is 4.90 Å². The van der Waals surface area contributed by atoms with Gasteiger partial charge in [-0.05, 0) is 18.6 Å². The highest BCUT2D eigenvalue weighted by atomic mass is 32.2. The van der Waals surface area contributed by atoms with Crippen LogP contribution in [0, 0.1) is 10.1 Å². The molecule has 0 unspecified atom stereocenters. The van der Waals surface area contributed by atoms with Crippen molar-refractivity contribution in [2.45, 2.75) is 25.0 Å². The van der Waals surface area contributed by atoms with Crippen LogP contribution in [0.5, 0.6) is 0 Å². The zero-order valence-corrected chi connectivity index (χ0v) is 12.5. The van der Waals surface area contributed by atoms with Gasteiger partial charge in [0.15, 0.2) is 6.29 Å². The first-order valence-electron chi connectivity index (χ1n) is 6.55. The fraction of sp³-hybridized carbons (Fsp3) is 0.500. The van der Waals surface area contributed by atoms with Gasteiger partial charge in [0.1, 0.15) is 0 Å². The van der Waals surface area contributed by atoms with Crippen LogP contribution in [0.15, 0.2) is 18.2 Å². The molecule has 20 heavy (non-hydrogen) atoms. The molecule has 5 nitrogen and oxygen atoms in total. The topological polar surface area (TPSA) is 63.4 Å². The fourth-order valence-electron chi connectivity index (χ4n) is 2.28. The van der Waals surface area contributed by atoms with E-state index in [-0.39, 0.29) is 16.0 Å². The van der Waals surface area contributed by atoms with E-state index < -0.39 is 4.92 Å². The molecule has 0 saturated carbocycles. The molecule has 1 saturated heterocycles. The number of carbonyl (C=O) groups excluding carboxylic acids is 1. The molecule has 108 valence electrons. The molecule has 1 aliphatic heterocycles. The van der Waals surface area contributed by atoms with Crippen molar-refractivity contribution in [3.8, 4) is 0 Å². The van der Waals surface area contributed by atoms with Crippen LogP contribution in [0.25, 0.3) is 0 Å². The molecule has 0 aromatic heterocycles. The van der Waals surface area contributed by atoms with E-state index in [1.807, 2.05) is 11.8 Å². The smallest absolute Gasteiger partial charge is 0.280 e. The molecule has 0 radical (unpaired) electrons. The minimum atomic E-state index is -0.519. The number of aldehydes is 1. The van der Waals surface area contributed by atoms with Crippen LogP contribution in [-0.4, -0.2) is 34.8 Å². The average molecular weight is 294 g/mol. The van der Waals surface area contributed by atoms with Crippen molar-refractivity contribution in [2.75, 3.05) is 23.7 Å². The number of hydrogen-bond acceptors (Lipinski definition) is 5. The molecule has 0 N–H and O–H groups in total. The summed E-state index contributed by atoms with van der Waals surface area (Å²) in [5, 5.41) is 10.8. The second-order valence-corrected chi connectivity index (χ2v) is 7.27. The summed E-state index contributed by atoms with van der Waals surface area (Å²) in [6.07, 6.45) is 1.60. The predicted molar refractivity (Wildman–Crippen MR) is 81.9 cm³/mol. The third-order valence-corrected chi connectivity index (χ3v) is 4.91. The molecule has 1 aromatic rings. The third-order valence-electron chi connectivity index (χ3n) is 3.54. The molecular formula is C14H18N2O3S. The van der Waals surface area contributed by atoms with Crippen molar-refractivity contribution in [1.29, 1.82) is 0 Å². The van der Waals surface area contributed by atoms with Gasteiger partial charge in [-0.2, -0.15) is 11.8 Å². The van der Waals surface area contributed by atoms with Gasteiger partial charge >= 0.3 is 0 Å². The predicted octanol–water partition coefficient (Wildman–Crippen LogP) is 3.13. The Kier molecular flexibility index (Phi) is 4.32. The number of hydrogen-bond donors (Lipinski definition) is 0. The second-order valence-electron chi connectivity index (χ2n) is 5.46.